The third-order valence-corrected chi connectivity index (χ3v) is 6.46. The molecule has 1 amide bonds. The molecule has 7 nitrogen and oxygen atoms in total. The fraction of sp³-hybridized carbons (Fsp3) is 0.500. The summed E-state index contributed by atoms with van der Waals surface area (Å²) in [4.78, 5) is 30.3. The molecular weight excluding hydrogens is 394 g/mol. The van der Waals surface area contributed by atoms with E-state index in [9.17, 15) is 14.7 Å². The highest BCUT2D eigenvalue weighted by Crippen LogP contribution is 2.26. The van der Waals surface area contributed by atoms with E-state index in [1.165, 1.54) is 24.3 Å². The van der Waals surface area contributed by atoms with Gasteiger partial charge in [-0.05, 0) is 30.9 Å². The van der Waals surface area contributed by atoms with E-state index < -0.39 is 6.10 Å². The minimum Gasteiger partial charge on any atom is -0.496 e. The molecular formula is C24H31N3O4. The summed E-state index contributed by atoms with van der Waals surface area (Å²) in [6, 6.07) is 9.76. The number of rotatable bonds is 4. The van der Waals surface area contributed by atoms with Crippen LogP contribution in [0, 0.1) is 6.92 Å². The number of β-amino-alcohol motifs (C(OH)–C–C–N with tert-alkyl or cyclic N) is 1. The lowest BCUT2D eigenvalue weighted by molar-refractivity contribution is 0.0469. The van der Waals surface area contributed by atoms with Gasteiger partial charge in [-0.1, -0.05) is 24.3 Å². The number of likely N-dealkylation sites (tertiary alicyclic amines) is 1. The highest BCUT2D eigenvalue weighted by atomic mass is 16.5. The summed E-state index contributed by atoms with van der Waals surface area (Å²) in [6.45, 7) is 5.88. The zero-order valence-corrected chi connectivity index (χ0v) is 18.3. The largest absolute Gasteiger partial charge is 0.496 e. The second-order valence-corrected chi connectivity index (χ2v) is 8.52. The van der Waals surface area contributed by atoms with Gasteiger partial charge in [0.15, 0.2) is 0 Å². The molecule has 0 spiro atoms. The Morgan fingerprint density at radius 2 is 2.00 bits per heavy atom. The van der Waals surface area contributed by atoms with Gasteiger partial charge in [0.05, 0.1) is 13.2 Å². The quantitative estimate of drug-likeness (QED) is 0.809. The molecule has 2 aromatic rings. The molecule has 0 radical (unpaired) electrons. The van der Waals surface area contributed by atoms with Crippen LogP contribution >= 0.6 is 0 Å². The van der Waals surface area contributed by atoms with E-state index >= 15 is 0 Å². The summed E-state index contributed by atoms with van der Waals surface area (Å²) in [7, 11) is 1.49. The summed E-state index contributed by atoms with van der Waals surface area (Å²) in [5.74, 6) is 0.167. The standard InChI is InChI=1S/C24H31N3O4/c1-17-6-3-4-7-18(17)15-25-11-9-20-23(24(30)26-10-5-8-19(28)16-26)21(31-2)14-22(29)27(20)13-12-25/h3-4,6-7,14,19,28H,5,8-13,15-16H2,1-2H3. The topological polar surface area (TPSA) is 75.0 Å². The molecule has 1 aromatic heterocycles. The SMILES string of the molecule is COc1cc(=O)n2c(c1C(=O)N1CCCC(O)C1)CCN(Cc1ccccc1C)CC2. The van der Waals surface area contributed by atoms with Crippen molar-refractivity contribution in [3.63, 3.8) is 0 Å². The Hall–Kier alpha value is -2.64. The van der Waals surface area contributed by atoms with Gasteiger partial charge in [-0.3, -0.25) is 14.5 Å². The van der Waals surface area contributed by atoms with E-state index in [1.54, 1.807) is 9.47 Å². The van der Waals surface area contributed by atoms with Crippen molar-refractivity contribution in [2.75, 3.05) is 33.3 Å². The number of ether oxygens (including phenoxy) is 1. The number of fused-ring (bicyclic) bond motifs is 1. The van der Waals surface area contributed by atoms with E-state index in [0.29, 0.717) is 43.8 Å². The minimum atomic E-state index is -0.502. The monoisotopic (exact) mass is 425 g/mol. The number of aliphatic hydroxyl groups excluding tert-OH is 1. The van der Waals surface area contributed by atoms with Crippen LogP contribution in [0.25, 0.3) is 0 Å². The van der Waals surface area contributed by atoms with Crippen LogP contribution in [0.1, 0.15) is 40.0 Å². The van der Waals surface area contributed by atoms with Crippen molar-refractivity contribution in [1.29, 1.82) is 0 Å². The van der Waals surface area contributed by atoms with Crippen molar-refractivity contribution in [1.82, 2.24) is 14.4 Å². The number of amides is 1. The molecule has 31 heavy (non-hydrogen) atoms. The fourth-order valence-corrected chi connectivity index (χ4v) is 4.67. The normalized spacial score (nSPS) is 19.6. The van der Waals surface area contributed by atoms with Crippen molar-refractivity contribution in [2.24, 2.45) is 0 Å². The van der Waals surface area contributed by atoms with Gasteiger partial charge in [0.25, 0.3) is 11.5 Å². The molecule has 2 aliphatic rings. The predicted octanol–water partition coefficient (Wildman–Crippen LogP) is 1.82. The average Bonchev–Trinajstić information content (AvgIpc) is 2.98. The molecule has 0 aliphatic carbocycles. The van der Waals surface area contributed by atoms with Gasteiger partial charge in [0, 0.05) is 57.4 Å². The van der Waals surface area contributed by atoms with E-state index in [4.69, 9.17) is 4.74 Å². The first-order chi connectivity index (χ1) is 15.0. The molecule has 7 heteroatoms. The van der Waals surface area contributed by atoms with Crippen molar-refractivity contribution >= 4 is 5.91 Å². The Labute approximate surface area is 182 Å². The molecule has 4 rings (SSSR count). The third kappa shape index (κ3) is 4.52. The number of carbonyl (C=O) groups is 1. The van der Waals surface area contributed by atoms with Gasteiger partial charge in [0.1, 0.15) is 11.3 Å². The van der Waals surface area contributed by atoms with Crippen LogP contribution in [0.5, 0.6) is 5.75 Å². The average molecular weight is 426 g/mol. The predicted molar refractivity (Wildman–Crippen MR) is 119 cm³/mol. The van der Waals surface area contributed by atoms with Gasteiger partial charge >= 0.3 is 0 Å². The molecule has 1 fully saturated rings. The molecule has 1 saturated heterocycles. The van der Waals surface area contributed by atoms with Gasteiger partial charge in [-0.15, -0.1) is 0 Å². The highest BCUT2D eigenvalue weighted by molar-refractivity contribution is 5.98. The number of carbonyl (C=O) groups excluding carboxylic acids is 1. The van der Waals surface area contributed by atoms with Crippen molar-refractivity contribution in [2.45, 2.75) is 45.4 Å². The Balaban J connectivity index is 1.64. The number of nitrogens with zero attached hydrogens (tertiary/aromatic N) is 3. The van der Waals surface area contributed by atoms with E-state index in [2.05, 4.69) is 24.0 Å². The highest BCUT2D eigenvalue weighted by Gasteiger charge is 2.30. The lowest BCUT2D eigenvalue weighted by Crippen LogP contribution is -2.43. The summed E-state index contributed by atoms with van der Waals surface area (Å²) >= 11 is 0. The number of aryl methyl sites for hydroxylation is 1. The summed E-state index contributed by atoms with van der Waals surface area (Å²) < 4.78 is 7.20. The molecule has 0 bridgehead atoms. The van der Waals surface area contributed by atoms with Crippen molar-refractivity contribution in [3.8, 4) is 5.75 Å². The lowest BCUT2D eigenvalue weighted by Gasteiger charge is -2.31. The van der Waals surface area contributed by atoms with Gasteiger partial charge in [-0.25, -0.2) is 0 Å². The first kappa shape index (κ1) is 21.6. The molecule has 166 valence electrons. The minimum absolute atomic E-state index is 0.139. The first-order valence-electron chi connectivity index (χ1n) is 11.0. The Morgan fingerprint density at radius 1 is 1.19 bits per heavy atom. The second kappa shape index (κ2) is 9.24. The number of pyridine rings is 1. The van der Waals surface area contributed by atoms with E-state index in [-0.39, 0.29) is 11.5 Å². The maximum atomic E-state index is 13.4. The number of methoxy groups -OCH3 is 1. The van der Waals surface area contributed by atoms with E-state index in [1.807, 2.05) is 12.1 Å². The number of hydrogen-bond donors (Lipinski definition) is 1. The van der Waals surface area contributed by atoms with E-state index in [0.717, 1.165) is 31.7 Å². The van der Waals surface area contributed by atoms with Crippen LogP contribution in [-0.2, 0) is 19.5 Å². The lowest BCUT2D eigenvalue weighted by atomic mass is 10.0. The summed E-state index contributed by atoms with van der Waals surface area (Å²) in [6.07, 6.45) is 1.57. The maximum absolute atomic E-state index is 13.4. The number of hydrogen-bond acceptors (Lipinski definition) is 5. The number of piperidine rings is 1. The van der Waals surface area contributed by atoms with Gasteiger partial charge in [0.2, 0.25) is 0 Å². The number of aliphatic hydroxyl groups is 1. The van der Waals surface area contributed by atoms with Crippen LogP contribution in [0.3, 0.4) is 0 Å². The van der Waals surface area contributed by atoms with Crippen LogP contribution < -0.4 is 10.3 Å². The number of benzene rings is 1. The molecule has 1 N–H and O–H groups in total. The second-order valence-electron chi connectivity index (χ2n) is 8.52. The van der Waals surface area contributed by atoms with Crippen LogP contribution in [0.4, 0.5) is 0 Å². The van der Waals surface area contributed by atoms with Crippen LogP contribution in [0.2, 0.25) is 0 Å². The zero-order chi connectivity index (χ0) is 22.0. The van der Waals surface area contributed by atoms with Crippen LogP contribution in [0.15, 0.2) is 35.1 Å². The summed E-state index contributed by atoms with van der Waals surface area (Å²) in [5.41, 5.74) is 3.59. The third-order valence-electron chi connectivity index (χ3n) is 6.46. The molecule has 0 saturated carbocycles. The first-order valence-corrected chi connectivity index (χ1v) is 11.0. The molecule has 1 atom stereocenters. The van der Waals surface area contributed by atoms with Crippen molar-refractivity contribution < 1.29 is 14.6 Å². The zero-order valence-electron chi connectivity index (χ0n) is 18.3. The maximum Gasteiger partial charge on any atom is 0.259 e. The molecule has 2 aliphatic heterocycles. The van der Waals surface area contributed by atoms with Gasteiger partial charge < -0.3 is 19.3 Å². The molecule has 1 aromatic carbocycles. The smallest absolute Gasteiger partial charge is 0.259 e. The summed E-state index contributed by atoms with van der Waals surface area (Å²) in [5, 5.41) is 10.0. The molecule has 1 unspecified atom stereocenters. The number of aromatic nitrogens is 1. The Morgan fingerprint density at radius 3 is 2.74 bits per heavy atom. The van der Waals surface area contributed by atoms with Crippen LogP contribution in [-0.4, -0.2) is 64.8 Å². The Kier molecular flexibility index (Phi) is 6.43. The van der Waals surface area contributed by atoms with Crippen molar-refractivity contribution in [3.05, 3.63) is 63.1 Å². The molecule has 3 heterocycles. The fourth-order valence-electron chi connectivity index (χ4n) is 4.67. The Bertz CT molecular complexity index is 1020. The van der Waals surface area contributed by atoms with Gasteiger partial charge in [-0.2, -0.15) is 0 Å².